The number of unbranched alkanes of at least 4 members (excludes halogenated alkanes) is 8. The van der Waals surface area contributed by atoms with Crippen LogP contribution in [0.5, 0.6) is 0 Å². The third-order valence-corrected chi connectivity index (χ3v) is 16.0. The summed E-state index contributed by atoms with van der Waals surface area (Å²) in [5, 5.41) is 10.3. The molecule has 0 aliphatic heterocycles. The van der Waals surface area contributed by atoms with Gasteiger partial charge in [0, 0.05) is 50.5 Å². The zero-order valence-electron chi connectivity index (χ0n) is 33.4. The minimum atomic E-state index is 0.810. The maximum absolute atomic E-state index is 2.52. The van der Waals surface area contributed by atoms with Crippen LogP contribution < -0.4 is 0 Å². The average Bonchev–Trinajstić information content (AvgIpc) is 4.01. The summed E-state index contributed by atoms with van der Waals surface area (Å²) >= 11 is 7.82. The van der Waals surface area contributed by atoms with Gasteiger partial charge in [-0.2, -0.15) is 0 Å². The Morgan fingerprint density at radius 2 is 0.870 bits per heavy atom. The zero-order valence-corrected chi connectivity index (χ0v) is 36.7. The highest BCUT2D eigenvalue weighted by molar-refractivity contribution is 7.25. The Labute approximate surface area is 342 Å². The van der Waals surface area contributed by atoms with E-state index in [1.165, 1.54) is 188 Å². The molecule has 4 aromatic heterocycles. The van der Waals surface area contributed by atoms with Crippen LogP contribution in [0, 0.1) is 11.8 Å². The molecule has 0 radical (unpaired) electrons. The van der Waals surface area contributed by atoms with Gasteiger partial charge in [0.15, 0.2) is 0 Å². The summed E-state index contributed by atoms with van der Waals surface area (Å²) < 4.78 is 5.71. The van der Waals surface area contributed by atoms with Crippen molar-refractivity contribution in [3.8, 4) is 20.9 Å². The van der Waals surface area contributed by atoms with Crippen molar-refractivity contribution in [1.82, 2.24) is 0 Å². The number of thiophene rings is 4. The fourth-order valence-corrected chi connectivity index (χ4v) is 13.2. The van der Waals surface area contributed by atoms with Crippen LogP contribution in [0.2, 0.25) is 0 Å². The zero-order chi connectivity index (χ0) is 37.3. The highest BCUT2D eigenvalue weighted by atomic mass is 32.1. The summed E-state index contributed by atoms with van der Waals surface area (Å²) in [5.74, 6) is 1.62. The van der Waals surface area contributed by atoms with Crippen molar-refractivity contribution in [2.75, 3.05) is 0 Å². The molecule has 7 rings (SSSR count). The van der Waals surface area contributed by atoms with Crippen LogP contribution in [-0.2, 0) is 12.8 Å². The summed E-state index contributed by atoms with van der Waals surface area (Å²) in [4.78, 5) is 2.83. The lowest BCUT2D eigenvalue weighted by Gasteiger charge is -2.17. The molecule has 0 saturated heterocycles. The molecule has 0 nitrogen and oxygen atoms in total. The van der Waals surface area contributed by atoms with Gasteiger partial charge in [0.2, 0.25) is 0 Å². The number of hydrogen-bond acceptors (Lipinski definition) is 4. The van der Waals surface area contributed by atoms with Crippen LogP contribution in [0.4, 0.5) is 0 Å². The third-order valence-electron chi connectivity index (χ3n) is 11.9. The van der Waals surface area contributed by atoms with Crippen LogP contribution >= 0.6 is 45.3 Å². The number of fused-ring (bicyclic) bond motifs is 4. The minimum absolute atomic E-state index is 0.810. The van der Waals surface area contributed by atoms with Gasteiger partial charge in [0.25, 0.3) is 0 Å². The predicted octanol–water partition coefficient (Wildman–Crippen LogP) is 18.5. The van der Waals surface area contributed by atoms with E-state index in [-0.39, 0.29) is 0 Å². The normalized spacial score (nSPS) is 13.3. The Morgan fingerprint density at radius 3 is 1.30 bits per heavy atom. The first kappa shape index (κ1) is 39.7. The van der Waals surface area contributed by atoms with Gasteiger partial charge in [-0.1, -0.05) is 155 Å². The van der Waals surface area contributed by atoms with E-state index >= 15 is 0 Å². The van der Waals surface area contributed by atoms with Gasteiger partial charge in [0.1, 0.15) is 0 Å². The summed E-state index contributed by atoms with van der Waals surface area (Å²) in [7, 11) is 0. The average molecular weight is 791 g/mol. The number of rotatable bonds is 22. The van der Waals surface area contributed by atoms with Crippen molar-refractivity contribution >= 4 is 85.7 Å². The number of benzene rings is 3. The molecule has 0 fully saturated rings. The number of hydrogen-bond donors (Lipinski definition) is 0. The smallest absolute Gasteiger partial charge is 0.0442 e. The second kappa shape index (κ2) is 19.6. The molecule has 4 heteroatoms. The standard InChI is InChI=1S/C50H62S4/c1-5-9-13-15-19-35(17-11-7-3)29-37-21-23-43-39(31-37)33-45(53-43)47-41-25-27-52-50(41)48(42-26-28-51-49(42)47)46-34-40-32-38(22-24-44(40)54-46)30-36(18-12-8-4)20-16-14-10-6-2/h21-28,31-36H,5-20,29-30H2,1-4H3. The fraction of sp³-hybridized carbons (Fsp3) is 0.480. The van der Waals surface area contributed by atoms with E-state index in [4.69, 9.17) is 0 Å². The van der Waals surface area contributed by atoms with Crippen molar-refractivity contribution in [3.63, 3.8) is 0 Å². The molecule has 0 aliphatic carbocycles. The first-order valence-corrected chi connectivity index (χ1v) is 24.9. The van der Waals surface area contributed by atoms with Crippen molar-refractivity contribution < 1.29 is 0 Å². The molecule has 7 aromatic rings. The molecule has 2 unspecified atom stereocenters. The molecule has 3 aromatic carbocycles. The molecule has 0 aliphatic rings. The maximum Gasteiger partial charge on any atom is 0.0442 e. The molecule has 286 valence electrons. The second-order valence-electron chi connectivity index (χ2n) is 16.2. The van der Waals surface area contributed by atoms with E-state index in [2.05, 4.69) is 99.1 Å². The van der Waals surface area contributed by atoms with E-state index < -0.39 is 0 Å². The lowest BCUT2D eigenvalue weighted by Crippen LogP contribution is -2.05. The van der Waals surface area contributed by atoms with Gasteiger partial charge in [-0.3, -0.25) is 0 Å². The largest absolute Gasteiger partial charge is 0.143 e. The topological polar surface area (TPSA) is 0 Å². The summed E-state index contributed by atoms with van der Waals surface area (Å²) in [6.45, 7) is 9.32. The van der Waals surface area contributed by atoms with Gasteiger partial charge in [-0.25, -0.2) is 0 Å². The molecule has 0 N–H and O–H groups in total. The lowest BCUT2D eigenvalue weighted by atomic mass is 9.89. The Bertz CT molecular complexity index is 2010. The first-order valence-electron chi connectivity index (χ1n) is 21.6. The Kier molecular flexibility index (Phi) is 14.4. The van der Waals surface area contributed by atoms with E-state index in [9.17, 15) is 0 Å². The molecule has 4 heterocycles. The Hall–Kier alpha value is -2.50. The third kappa shape index (κ3) is 9.37. The van der Waals surface area contributed by atoms with Crippen LogP contribution in [0.15, 0.2) is 71.4 Å². The molecule has 0 amide bonds. The van der Waals surface area contributed by atoms with Crippen LogP contribution in [0.25, 0.3) is 61.2 Å². The SMILES string of the molecule is CCCCCCC(CCCC)Cc1ccc2sc(-c3c4ccsc4c(-c4cc5cc(CC(CCCC)CCCCCC)ccc5s4)c4ccsc34)cc2c1. The molecule has 0 saturated carbocycles. The molecular weight excluding hydrogens is 729 g/mol. The Morgan fingerprint density at radius 1 is 0.444 bits per heavy atom. The maximum atomic E-state index is 2.52. The van der Waals surface area contributed by atoms with Crippen LogP contribution in [0.3, 0.4) is 0 Å². The van der Waals surface area contributed by atoms with Gasteiger partial charge < -0.3 is 0 Å². The van der Waals surface area contributed by atoms with Gasteiger partial charge in [-0.15, -0.1) is 45.3 Å². The predicted molar refractivity (Wildman–Crippen MR) is 250 cm³/mol. The van der Waals surface area contributed by atoms with E-state index in [0.29, 0.717) is 0 Å². The highest BCUT2D eigenvalue weighted by Crippen LogP contribution is 2.51. The van der Waals surface area contributed by atoms with E-state index in [1.807, 2.05) is 45.3 Å². The van der Waals surface area contributed by atoms with Crippen LogP contribution in [0.1, 0.15) is 142 Å². The summed E-state index contributed by atoms with van der Waals surface area (Å²) in [6.07, 6.45) is 24.2. The summed E-state index contributed by atoms with van der Waals surface area (Å²) in [6, 6.07) is 24.6. The van der Waals surface area contributed by atoms with Crippen molar-refractivity contribution in [2.24, 2.45) is 11.8 Å². The first-order chi connectivity index (χ1) is 26.6. The second-order valence-corrected chi connectivity index (χ2v) is 20.2. The highest BCUT2D eigenvalue weighted by Gasteiger charge is 2.22. The van der Waals surface area contributed by atoms with Crippen molar-refractivity contribution in [1.29, 1.82) is 0 Å². The van der Waals surface area contributed by atoms with E-state index in [1.54, 1.807) is 0 Å². The van der Waals surface area contributed by atoms with Gasteiger partial charge in [-0.05, 0) is 93.7 Å². The molecule has 2 atom stereocenters. The van der Waals surface area contributed by atoms with Gasteiger partial charge >= 0.3 is 0 Å². The molecule has 0 spiro atoms. The van der Waals surface area contributed by atoms with Crippen molar-refractivity contribution in [3.05, 3.63) is 82.6 Å². The van der Waals surface area contributed by atoms with E-state index in [0.717, 1.165) is 11.8 Å². The fourth-order valence-electron chi connectivity index (χ4n) is 8.89. The molecule has 54 heavy (non-hydrogen) atoms. The quantitative estimate of drug-likeness (QED) is 0.0600. The minimum Gasteiger partial charge on any atom is -0.143 e. The van der Waals surface area contributed by atoms with Crippen molar-refractivity contribution in [2.45, 2.75) is 143 Å². The molecule has 0 bridgehead atoms. The van der Waals surface area contributed by atoms with Gasteiger partial charge in [0.05, 0.1) is 0 Å². The lowest BCUT2D eigenvalue weighted by molar-refractivity contribution is 0.410. The van der Waals surface area contributed by atoms with Crippen LogP contribution in [-0.4, -0.2) is 0 Å². The monoisotopic (exact) mass is 790 g/mol. The summed E-state index contributed by atoms with van der Waals surface area (Å²) in [5.41, 5.74) is 5.94. The molecular formula is C50H62S4. The Balaban J connectivity index is 1.17.